The van der Waals surface area contributed by atoms with E-state index in [2.05, 4.69) is 10.6 Å². The molecule has 4 N–H and O–H groups in total. The monoisotopic (exact) mass is 355 g/mol. The maximum absolute atomic E-state index is 11.9. The van der Waals surface area contributed by atoms with Crippen LogP contribution in [0, 0.1) is 0 Å². The van der Waals surface area contributed by atoms with Crippen molar-refractivity contribution in [2.45, 2.75) is 13.1 Å². The Kier molecular flexibility index (Phi) is 5.27. The minimum atomic E-state index is -0.527. The lowest BCUT2D eigenvalue weighted by Gasteiger charge is -2.08. The van der Waals surface area contributed by atoms with Crippen molar-refractivity contribution in [3.8, 4) is 0 Å². The molecule has 1 aromatic heterocycles. The molecule has 0 spiro atoms. The molecule has 6 nitrogen and oxygen atoms in total. The molecule has 0 radical (unpaired) electrons. The minimum absolute atomic E-state index is 0.240. The van der Waals surface area contributed by atoms with E-state index < -0.39 is 5.91 Å². The number of carbonyl (C=O) groups excluding carboxylic acids is 2. The third-order valence-corrected chi connectivity index (χ3v) is 4.76. The van der Waals surface area contributed by atoms with Crippen molar-refractivity contribution in [2.24, 2.45) is 0 Å². The highest BCUT2D eigenvalue weighted by molar-refractivity contribution is 7.20. The molecule has 0 fully saturated rings. The molecule has 128 valence electrons. The summed E-state index contributed by atoms with van der Waals surface area (Å²) in [7, 11) is 0. The Hall–Kier alpha value is -2.90. The number of hydroxylamine groups is 1. The van der Waals surface area contributed by atoms with E-state index in [1.807, 2.05) is 48.5 Å². The van der Waals surface area contributed by atoms with Gasteiger partial charge in [-0.05, 0) is 28.6 Å². The SMILES string of the molecule is O=C(NCc1ccccc1)NCc1ccc2cc(C(=O)NO)sc2c1. The highest BCUT2D eigenvalue weighted by Crippen LogP contribution is 2.26. The van der Waals surface area contributed by atoms with Crippen LogP contribution in [0.2, 0.25) is 0 Å². The fourth-order valence-corrected chi connectivity index (χ4v) is 3.39. The second kappa shape index (κ2) is 7.78. The fourth-order valence-electron chi connectivity index (χ4n) is 2.38. The van der Waals surface area contributed by atoms with Gasteiger partial charge in [0.1, 0.15) is 0 Å². The first-order valence-corrected chi connectivity index (χ1v) is 8.50. The lowest BCUT2D eigenvalue weighted by Crippen LogP contribution is -2.34. The van der Waals surface area contributed by atoms with Gasteiger partial charge in [0.25, 0.3) is 5.91 Å². The van der Waals surface area contributed by atoms with Crippen LogP contribution in [0.15, 0.2) is 54.6 Å². The zero-order valence-electron chi connectivity index (χ0n) is 13.3. The van der Waals surface area contributed by atoms with Gasteiger partial charge in [-0.15, -0.1) is 11.3 Å². The van der Waals surface area contributed by atoms with Crippen LogP contribution in [-0.2, 0) is 13.1 Å². The van der Waals surface area contributed by atoms with Crippen LogP contribution >= 0.6 is 11.3 Å². The number of benzene rings is 2. The Balaban J connectivity index is 1.57. The van der Waals surface area contributed by atoms with E-state index in [-0.39, 0.29) is 6.03 Å². The lowest BCUT2D eigenvalue weighted by molar-refractivity contribution is 0.0711. The van der Waals surface area contributed by atoms with Gasteiger partial charge >= 0.3 is 6.03 Å². The summed E-state index contributed by atoms with van der Waals surface area (Å²) in [5, 5.41) is 15.2. The quantitative estimate of drug-likeness (QED) is 0.419. The summed E-state index contributed by atoms with van der Waals surface area (Å²) >= 11 is 1.29. The molecule has 0 aliphatic carbocycles. The normalized spacial score (nSPS) is 10.4. The van der Waals surface area contributed by atoms with Crippen molar-refractivity contribution in [2.75, 3.05) is 0 Å². The molecule has 0 unspecified atom stereocenters. The molecule has 3 rings (SSSR count). The Morgan fingerprint density at radius 3 is 2.36 bits per heavy atom. The molecule has 0 atom stereocenters. The Labute approximate surface area is 148 Å². The second-order valence-corrected chi connectivity index (χ2v) is 6.53. The number of hydrogen-bond donors (Lipinski definition) is 4. The highest BCUT2D eigenvalue weighted by atomic mass is 32.1. The number of nitrogens with one attached hydrogen (secondary N) is 3. The first-order valence-electron chi connectivity index (χ1n) is 7.68. The summed E-state index contributed by atoms with van der Waals surface area (Å²) in [5.74, 6) is -0.527. The van der Waals surface area contributed by atoms with Crippen molar-refractivity contribution in [3.05, 3.63) is 70.6 Å². The molecule has 3 aromatic rings. The maximum atomic E-state index is 11.9. The van der Waals surface area contributed by atoms with Crippen LogP contribution in [0.3, 0.4) is 0 Å². The zero-order chi connectivity index (χ0) is 17.6. The summed E-state index contributed by atoms with van der Waals surface area (Å²) in [6.45, 7) is 0.853. The number of carbonyl (C=O) groups is 2. The molecule has 25 heavy (non-hydrogen) atoms. The van der Waals surface area contributed by atoms with Crippen molar-refractivity contribution >= 4 is 33.4 Å². The lowest BCUT2D eigenvalue weighted by atomic mass is 10.1. The van der Waals surface area contributed by atoms with Crippen LogP contribution in [0.4, 0.5) is 4.79 Å². The Bertz CT molecular complexity index is 893. The van der Waals surface area contributed by atoms with E-state index in [9.17, 15) is 9.59 Å². The molecule has 2 aromatic carbocycles. The van der Waals surface area contributed by atoms with Gasteiger partial charge in [0.15, 0.2) is 0 Å². The molecule has 1 heterocycles. The summed E-state index contributed by atoms with van der Waals surface area (Å²) in [5.41, 5.74) is 3.60. The number of rotatable bonds is 5. The van der Waals surface area contributed by atoms with Crippen LogP contribution in [0.25, 0.3) is 10.1 Å². The van der Waals surface area contributed by atoms with Gasteiger partial charge in [-0.1, -0.05) is 42.5 Å². The van der Waals surface area contributed by atoms with Gasteiger partial charge in [0, 0.05) is 17.8 Å². The number of hydrogen-bond acceptors (Lipinski definition) is 4. The average molecular weight is 355 g/mol. The minimum Gasteiger partial charge on any atom is -0.334 e. The van der Waals surface area contributed by atoms with E-state index in [1.54, 1.807) is 11.5 Å². The number of thiophene rings is 1. The van der Waals surface area contributed by atoms with E-state index in [4.69, 9.17) is 5.21 Å². The molecule has 0 aliphatic heterocycles. The van der Waals surface area contributed by atoms with Crippen LogP contribution in [0.5, 0.6) is 0 Å². The molecule has 7 heteroatoms. The van der Waals surface area contributed by atoms with Gasteiger partial charge in [-0.2, -0.15) is 0 Å². The highest BCUT2D eigenvalue weighted by Gasteiger charge is 2.10. The molecule has 0 saturated carbocycles. The van der Waals surface area contributed by atoms with E-state index in [0.29, 0.717) is 18.0 Å². The first-order chi connectivity index (χ1) is 12.2. The van der Waals surface area contributed by atoms with Gasteiger partial charge in [0.05, 0.1) is 4.88 Å². The third-order valence-electron chi connectivity index (χ3n) is 3.66. The van der Waals surface area contributed by atoms with Gasteiger partial charge < -0.3 is 10.6 Å². The van der Waals surface area contributed by atoms with Crippen LogP contribution in [0.1, 0.15) is 20.8 Å². The Morgan fingerprint density at radius 1 is 0.920 bits per heavy atom. The number of urea groups is 1. The van der Waals surface area contributed by atoms with E-state index in [0.717, 1.165) is 21.2 Å². The van der Waals surface area contributed by atoms with E-state index >= 15 is 0 Å². The predicted molar refractivity (Wildman–Crippen MR) is 96.6 cm³/mol. The van der Waals surface area contributed by atoms with Crippen molar-refractivity contribution in [1.29, 1.82) is 0 Å². The van der Waals surface area contributed by atoms with E-state index in [1.165, 1.54) is 11.3 Å². The van der Waals surface area contributed by atoms with Gasteiger partial charge in [-0.3, -0.25) is 10.0 Å². The van der Waals surface area contributed by atoms with Gasteiger partial charge in [-0.25, -0.2) is 10.3 Å². The Morgan fingerprint density at radius 2 is 1.64 bits per heavy atom. The molecular formula is C18H17N3O3S. The summed E-state index contributed by atoms with van der Waals surface area (Å²) in [6, 6.07) is 16.9. The third kappa shape index (κ3) is 4.34. The summed E-state index contributed by atoms with van der Waals surface area (Å²) in [4.78, 5) is 23.8. The average Bonchev–Trinajstić information content (AvgIpc) is 3.08. The molecule has 3 amide bonds. The topological polar surface area (TPSA) is 90.5 Å². The van der Waals surface area contributed by atoms with Gasteiger partial charge in [0.2, 0.25) is 0 Å². The van der Waals surface area contributed by atoms with Crippen molar-refractivity contribution in [1.82, 2.24) is 16.1 Å². The summed E-state index contributed by atoms with van der Waals surface area (Å²) < 4.78 is 0.919. The summed E-state index contributed by atoms with van der Waals surface area (Å²) in [6.07, 6.45) is 0. The smallest absolute Gasteiger partial charge is 0.315 e. The molecule has 0 saturated heterocycles. The predicted octanol–water partition coefficient (Wildman–Crippen LogP) is 3.02. The maximum Gasteiger partial charge on any atom is 0.315 e. The van der Waals surface area contributed by atoms with Crippen LogP contribution < -0.4 is 16.1 Å². The number of fused-ring (bicyclic) bond motifs is 1. The molecule has 0 aliphatic rings. The molecular weight excluding hydrogens is 338 g/mol. The largest absolute Gasteiger partial charge is 0.334 e. The van der Waals surface area contributed by atoms with Crippen LogP contribution in [-0.4, -0.2) is 17.1 Å². The zero-order valence-corrected chi connectivity index (χ0v) is 14.1. The van der Waals surface area contributed by atoms with Crippen molar-refractivity contribution in [3.63, 3.8) is 0 Å². The second-order valence-electron chi connectivity index (χ2n) is 5.45. The van der Waals surface area contributed by atoms with Crippen molar-refractivity contribution < 1.29 is 14.8 Å². The standard InChI is InChI=1S/C18H17N3O3S/c22-17(21-24)16-9-14-7-6-13(8-15(14)25-16)11-20-18(23)19-10-12-4-2-1-3-5-12/h1-9,24H,10-11H2,(H,21,22)(H2,19,20,23). The fraction of sp³-hybridized carbons (Fsp3) is 0.111. The molecule has 0 bridgehead atoms. The number of amides is 3. The first kappa shape index (κ1) is 16.9.